The number of nitrogens with one attached hydrogen (secondary N) is 3. The third-order valence-electron chi connectivity index (χ3n) is 5.98. The van der Waals surface area contributed by atoms with Gasteiger partial charge in [0.1, 0.15) is 11.4 Å². The van der Waals surface area contributed by atoms with Gasteiger partial charge in [-0.05, 0) is 50.5 Å². The number of hydrogen-bond donors (Lipinski definition) is 3. The molecule has 1 fully saturated rings. The predicted molar refractivity (Wildman–Crippen MR) is 126 cm³/mol. The van der Waals surface area contributed by atoms with Crippen molar-refractivity contribution in [3.8, 4) is 0 Å². The monoisotopic (exact) mass is 421 g/mol. The lowest BCUT2D eigenvalue weighted by Gasteiger charge is -2.47. The van der Waals surface area contributed by atoms with Gasteiger partial charge < -0.3 is 25.6 Å². The van der Waals surface area contributed by atoms with E-state index in [2.05, 4.69) is 35.0 Å². The summed E-state index contributed by atoms with van der Waals surface area (Å²) in [5.41, 5.74) is 4.68. The Morgan fingerprint density at radius 3 is 2.81 bits per heavy atom. The second kappa shape index (κ2) is 8.98. The number of hydrogen-bond acceptors (Lipinski definition) is 4. The molecule has 2 aromatic carbocycles. The maximum atomic E-state index is 13.2. The highest BCUT2D eigenvalue weighted by atomic mass is 16.5. The van der Waals surface area contributed by atoms with E-state index in [1.807, 2.05) is 42.2 Å². The number of aliphatic imine (C=N–C) groups is 1. The number of carbonyl (C=O) groups excluding carboxylic acids is 1. The summed E-state index contributed by atoms with van der Waals surface area (Å²) in [4.78, 5) is 19.8. The largest absolute Gasteiger partial charge is 0.383 e. The Labute approximate surface area is 183 Å². The van der Waals surface area contributed by atoms with Crippen LogP contribution in [-0.2, 0) is 4.74 Å². The maximum absolute atomic E-state index is 13.2. The van der Waals surface area contributed by atoms with Crippen LogP contribution < -0.4 is 16.0 Å². The van der Waals surface area contributed by atoms with E-state index in [1.165, 1.54) is 5.56 Å². The number of methoxy groups -OCH3 is 1. The number of piperidine rings is 1. The number of para-hydroxylation sites is 2. The van der Waals surface area contributed by atoms with E-state index in [0.717, 1.165) is 41.3 Å². The molecule has 0 saturated carbocycles. The van der Waals surface area contributed by atoms with Crippen LogP contribution in [0.3, 0.4) is 0 Å². The zero-order chi connectivity index (χ0) is 21.8. The number of rotatable bonds is 4. The van der Waals surface area contributed by atoms with E-state index in [9.17, 15) is 4.79 Å². The van der Waals surface area contributed by atoms with Crippen LogP contribution in [0.5, 0.6) is 0 Å². The molecule has 2 aliphatic rings. The van der Waals surface area contributed by atoms with Gasteiger partial charge in [-0.3, -0.25) is 4.99 Å². The molecule has 31 heavy (non-hydrogen) atoms. The number of benzene rings is 2. The Bertz CT molecular complexity index is 990. The molecule has 0 radical (unpaired) electrons. The average molecular weight is 422 g/mol. The lowest BCUT2D eigenvalue weighted by Crippen LogP contribution is -2.63. The fraction of sp³-hybridized carbons (Fsp3) is 0.417. The summed E-state index contributed by atoms with van der Waals surface area (Å²) in [6.07, 6.45) is 1.79. The van der Waals surface area contributed by atoms with Crippen molar-refractivity contribution in [3.05, 3.63) is 53.6 Å². The van der Waals surface area contributed by atoms with E-state index in [4.69, 9.17) is 9.73 Å². The number of ether oxygens (including phenoxy) is 1. The van der Waals surface area contributed by atoms with Crippen LogP contribution >= 0.6 is 0 Å². The van der Waals surface area contributed by atoms with E-state index < -0.39 is 5.54 Å². The smallest absolute Gasteiger partial charge is 0.321 e. The summed E-state index contributed by atoms with van der Waals surface area (Å²) in [5.74, 6) is 0.868. The molecular formula is C24H31N5O2. The van der Waals surface area contributed by atoms with Crippen molar-refractivity contribution < 1.29 is 9.53 Å². The van der Waals surface area contributed by atoms with Crippen molar-refractivity contribution in [2.45, 2.75) is 32.2 Å². The number of carbonyl (C=O) groups is 1. The first-order chi connectivity index (χ1) is 15.0. The Balaban J connectivity index is 1.57. The van der Waals surface area contributed by atoms with Gasteiger partial charge in [0.05, 0.1) is 31.1 Å². The van der Waals surface area contributed by atoms with Crippen molar-refractivity contribution in [2.24, 2.45) is 4.99 Å². The van der Waals surface area contributed by atoms with E-state index in [0.29, 0.717) is 26.2 Å². The lowest BCUT2D eigenvalue weighted by atomic mass is 9.85. The van der Waals surface area contributed by atoms with Crippen LogP contribution in [0.2, 0.25) is 0 Å². The molecule has 1 spiro atoms. The minimum absolute atomic E-state index is 0.0806. The molecule has 2 aromatic rings. The first-order valence-corrected chi connectivity index (χ1v) is 10.8. The molecule has 2 aliphatic heterocycles. The first-order valence-electron chi connectivity index (χ1n) is 10.8. The summed E-state index contributed by atoms with van der Waals surface area (Å²) >= 11 is 0. The van der Waals surface area contributed by atoms with Gasteiger partial charge >= 0.3 is 6.03 Å². The van der Waals surface area contributed by atoms with E-state index >= 15 is 0 Å². The Morgan fingerprint density at radius 2 is 2.03 bits per heavy atom. The zero-order valence-corrected chi connectivity index (χ0v) is 18.5. The van der Waals surface area contributed by atoms with E-state index in [1.54, 1.807) is 7.11 Å². The predicted octanol–water partition coefficient (Wildman–Crippen LogP) is 4.25. The van der Waals surface area contributed by atoms with Crippen LogP contribution in [-0.4, -0.2) is 55.7 Å². The molecule has 1 saturated heterocycles. The van der Waals surface area contributed by atoms with Crippen molar-refractivity contribution in [1.29, 1.82) is 0 Å². The van der Waals surface area contributed by atoms with Crippen molar-refractivity contribution in [2.75, 3.05) is 49.3 Å². The van der Waals surface area contributed by atoms with Gasteiger partial charge in [-0.25, -0.2) is 4.79 Å². The fourth-order valence-electron chi connectivity index (χ4n) is 4.38. The quantitative estimate of drug-likeness (QED) is 0.645. The third kappa shape index (κ3) is 4.51. The first kappa shape index (κ1) is 21.2. The Kier molecular flexibility index (Phi) is 6.13. The molecule has 0 aromatic heterocycles. The summed E-state index contributed by atoms with van der Waals surface area (Å²) in [6.45, 7) is 6.45. The number of urea groups is 1. The van der Waals surface area contributed by atoms with Crippen LogP contribution in [0, 0.1) is 13.8 Å². The molecule has 164 valence electrons. The molecule has 2 amide bonds. The molecule has 2 heterocycles. The van der Waals surface area contributed by atoms with Crippen molar-refractivity contribution in [1.82, 2.24) is 4.90 Å². The minimum Gasteiger partial charge on any atom is -0.383 e. The minimum atomic E-state index is -0.444. The average Bonchev–Trinajstić information content (AvgIpc) is 2.76. The van der Waals surface area contributed by atoms with Crippen LogP contribution in [0.4, 0.5) is 21.9 Å². The van der Waals surface area contributed by atoms with Crippen molar-refractivity contribution >= 4 is 28.9 Å². The molecule has 7 nitrogen and oxygen atoms in total. The molecule has 0 unspecified atom stereocenters. The highest BCUT2D eigenvalue weighted by Gasteiger charge is 2.44. The van der Waals surface area contributed by atoms with Gasteiger partial charge in [0.25, 0.3) is 0 Å². The summed E-state index contributed by atoms with van der Waals surface area (Å²) in [6, 6.07) is 14.1. The maximum Gasteiger partial charge on any atom is 0.321 e. The number of amidine groups is 1. The number of nitrogens with zero attached hydrogens (tertiary/aromatic N) is 2. The number of amides is 2. The second-order valence-electron chi connectivity index (χ2n) is 8.37. The number of aryl methyl sites for hydroxylation is 2. The lowest BCUT2D eigenvalue weighted by molar-refractivity contribution is 0.186. The van der Waals surface area contributed by atoms with Crippen LogP contribution in [0.25, 0.3) is 0 Å². The molecule has 0 bridgehead atoms. The van der Waals surface area contributed by atoms with Gasteiger partial charge in [-0.15, -0.1) is 0 Å². The van der Waals surface area contributed by atoms with Gasteiger partial charge in [-0.2, -0.15) is 0 Å². The van der Waals surface area contributed by atoms with Crippen molar-refractivity contribution in [3.63, 3.8) is 0 Å². The Hall–Kier alpha value is -3.06. The molecule has 4 rings (SSSR count). The van der Waals surface area contributed by atoms with Gasteiger partial charge in [0, 0.05) is 19.3 Å². The zero-order valence-electron chi connectivity index (χ0n) is 18.5. The normalized spacial score (nSPS) is 21.4. The summed E-state index contributed by atoms with van der Waals surface area (Å²) in [5, 5.41) is 10.3. The highest BCUT2D eigenvalue weighted by Crippen LogP contribution is 2.36. The SMILES string of the molecule is COCCN=C1Nc2ccccc2N[C@@]12CCCN(C(=O)Nc1ccc(C)cc1C)C2. The van der Waals surface area contributed by atoms with E-state index in [-0.39, 0.29) is 6.03 Å². The fourth-order valence-corrected chi connectivity index (χ4v) is 4.38. The molecule has 1 atom stereocenters. The number of anilines is 3. The molecule has 7 heteroatoms. The molecule has 0 aliphatic carbocycles. The van der Waals surface area contributed by atoms with Gasteiger partial charge in [0.15, 0.2) is 0 Å². The number of fused-ring (bicyclic) bond motifs is 1. The molecule has 3 N–H and O–H groups in total. The standard InChI is InChI=1S/C24H31N5O2/c1-17-9-10-19(18(2)15-17)27-23(30)29-13-6-11-24(16-29)22(25-12-14-31-3)26-20-7-4-5-8-21(20)28-24/h4-5,7-10,15,28H,6,11-14,16H2,1-3H3,(H,25,26)(H,27,30)/t24-/m1/s1. The van der Waals surface area contributed by atoms with Crippen LogP contribution in [0.1, 0.15) is 24.0 Å². The Morgan fingerprint density at radius 1 is 1.23 bits per heavy atom. The molecular weight excluding hydrogens is 390 g/mol. The van der Waals surface area contributed by atoms with Gasteiger partial charge in [0.2, 0.25) is 0 Å². The summed E-state index contributed by atoms with van der Waals surface area (Å²) in [7, 11) is 1.68. The highest BCUT2D eigenvalue weighted by molar-refractivity contribution is 6.10. The van der Waals surface area contributed by atoms with Gasteiger partial charge in [-0.1, -0.05) is 29.8 Å². The second-order valence-corrected chi connectivity index (χ2v) is 8.37. The third-order valence-corrected chi connectivity index (χ3v) is 5.98. The number of likely N-dealkylation sites (tertiary alicyclic amines) is 1. The van der Waals surface area contributed by atoms with Crippen LogP contribution in [0.15, 0.2) is 47.5 Å². The summed E-state index contributed by atoms with van der Waals surface area (Å²) < 4.78 is 5.19. The topological polar surface area (TPSA) is 78.0 Å².